The lowest BCUT2D eigenvalue weighted by Crippen LogP contribution is -2.46. The number of carbonyl (C=O) groups excluding carboxylic acids is 1. The van der Waals surface area contributed by atoms with Crippen LogP contribution in [0.5, 0.6) is 0 Å². The molecular formula is C29H35N3O2. The molecule has 1 amide bonds. The second-order valence-electron chi connectivity index (χ2n) is 10.1. The molecule has 1 aliphatic carbocycles. The van der Waals surface area contributed by atoms with E-state index in [4.69, 9.17) is 0 Å². The summed E-state index contributed by atoms with van der Waals surface area (Å²) in [5.74, 6) is 0.350. The average molecular weight is 458 g/mol. The fourth-order valence-corrected chi connectivity index (χ4v) is 5.81. The van der Waals surface area contributed by atoms with E-state index in [0.29, 0.717) is 12.1 Å². The van der Waals surface area contributed by atoms with Crippen LogP contribution >= 0.6 is 0 Å². The highest BCUT2D eigenvalue weighted by molar-refractivity contribution is 5.81. The number of nitrogens with zero attached hydrogens (tertiary/aromatic N) is 3. The molecule has 0 radical (unpaired) electrons. The molecule has 2 aliphatic rings. The Kier molecular flexibility index (Phi) is 6.82. The highest BCUT2D eigenvalue weighted by Gasteiger charge is 2.35. The maximum absolute atomic E-state index is 13.8. The first-order chi connectivity index (χ1) is 16.6. The van der Waals surface area contributed by atoms with Gasteiger partial charge in [-0.1, -0.05) is 67.8 Å². The van der Waals surface area contributed by atoms with Gasteiger partial charge in [-0.15, -0.1) is 0 Å². The van der Waals surface area contributed by atoms with Gasteiger partial charge in [0.2, 0.25) is 5.91 Å². The number of pyridine rings is 1. The monoisotopic (exact) mass is 457 g/mol. The van der Waals surface area contributed by atoms with E-state index in [0.717, 1.165) is 62.6 Å². The van der Waals surface area contributed by atoms with Crippen molar-refractivity contribution in [3.8, 4) is 0 Å². The number of hydrogen-bond donors (Lipinski definition) is 0. The Labute approximate surface area is 202 Å². The Morgan fingerprint density at radius 2 is 1.71 bits per heavy atom. The molecule has 178 valence electrons. The van der Waals surface area contributed by atoms with E-state index in [1.807, 2.05) is 43.4 Å². The van der Waals surface area contributed by atoms with Crippen molar-refractivity contribution in [3.63, 3.8) is 0 Å². The maximum Gasteiger partial charge on any atom is 0.255 e. The second kappa shape index (κ2) is 10.1. The van der Waals surface area contributed by atoms with Crippen LogP contribution in [0.15, 0.2) is 65.5 Å². The van der Waals surface area contributed by atoms with Crippen molar-refractivity contribution in [1.82, 2.24) is 14.4 Å². The van der Waals surface area contributed by atoms with Gasteiger partial charge in [0.25, 0.3) is 5.56 Å². The summed E-state index contributed by atoms with van der Waals surface area (Å²) < 4.78 is 1.73. The molecule has 1 aliphatic heterocycles. The molecule has 34 heavy (non-hydrogen) atoms. The predicted molar refractivity (Wildman–Crippen MR) is 136 cm³/mol. The van der Waals surface area contributed by atoms with E-state index in [1.54, 1.807) is 4.57 Å². The molecule has 2 heterocycles. The van der Waals surface area contributed by atoms with Crippen molar-refractivity contribution in [2.45, 2.75) is 57.7 Å². The van der Waals surface area contributed by atoms with Gasteiger partial charge in [0.1, 0.15) is 0 Å². The van der Waals surface area contributed by atoms with Crippen LogP contribution < -0.4 is 5.56 Å². The smallest absolute Gasteiger partial charge is 0.255 e. The van der Waals surface area contributed by atoms with Gasteiger partial charge in [-0.3, -0.25) is 14.5 Å². The molecule has 0 N–H and O–H groups in total. The largest absolute Gasteiger partial charge is 0.334 e. The normalized spacial score (nSPS) is 19.5. The van der Waals surface area contributed by atoms with Gasteiger partial charge in [-0.2, -0.15) is 0 Å². The molecule has 5 heteroatoms. The summed E-state index contributed by atoms with van der Waals surface area (Å²) in [7, 11) is 1.83. The lowest BCUT2D eigenvalue weighted by Gasteiger charge is -2.34. The van der Waals surface area contributed by atoms with Gasteiger partial charge in [0.15, 0.2) is 0 Å². The summed E-state index contributed by atoms with van der Waals surface area (Å²) in [5.41, 5.74) is 2.94. The second-order valence-corrected chi connectivity index (χ2v) is 10.1. The highest BCUT2D eigenvalue weighted by Crippen LogP contribution is 2.29. The van der Waals surface area contributed by atoms with Crippen molar-refractivity contribution in [2.75, 3.05) is 13.1 Å². The molecule has 1 atom stereocenters. The van der Waals surface area contributed by atoms with Crippen LogP contribution in [0.3, 0.4) is 0 Å². The molecule has 1 aromatic heterocycles. The van der Waals surface area contributed by atoms with Crippen molar-refractivity contribution in [1.29, 1.82) is 0 Å². The van der Waals surface area contributed by atoms with Crippen LogP contribution in [0.4, 0.5) is 0 Å². The fraction of sp³-hybridized carbons (Fsp3) is 0.448. The summed E-state index contributed by atoms with van der Waals surface area (Å²) in [6.07, 6.45) is 6.40. The number of carbonyl (C=O) groups is 1. The number of likely N-dealkylation sites (tertiary alicyclic amines) is 1. The number of para-hydroxylation sites is 1. The zero-order valence-electron chi connectivity index (χ0n) is 20.2. The molecule has 2 fully saturated rings. The summed E-state index contributed by atoms with van der Waals surface area (Å²) in [4.78, 5) is 31.6. The summed E-state index contributed by atoms with van der Waals surface area (Å²) in [6.45, 7) is 3.14. The summed E-state index contributed by atoms with van der Waals surface area (Å²) >= 11 is 0. The van der Waals surface area contributed by atoms with Crippen molar-refractivity contribution in [3.05, 3.63) is 82.1 Å². The van der Waals surface area contributed by atoms with Crippen LogP contribution in [0.2, 0.25) is 0 Å². The minimum Gasteiger partial charge on any atom is -0.334 e. The van der Waals surface area contributed by atoms with Gasteiger partial charge in [0, 0.05) is 44.2 Å². The minimum absolute atomic E-state index is 0.000664. The molecule has 3 aromatic rings. The first-order valence-corrected chi connectivity index (χ1v) is 12.7. The minimum atomic E-state index is -0.000664. The Bertz CT molecular complexity index is 1200. The van der Waals surface area contributed by atoms with E-state index < -0.39 is 0 Å². The van der Waals surface area contributed by atoms with E-state index in [2.05, 4.69) is 34.1 Å². The lowest BCUT2D eigenvalue weighted by atomic mass is 9.87. The molecule has 2 aromatic carbocycles. The molecule has 1 saturated carbocycles. The van der Waals surface area contributed by atoms with Crippen LogP contribution in [-0.4, -0.2) is 39.4 Å². The molecular weight excluding hydrogens is 422 g/mol. The number of rotatable bonds is 6. The predicted octanol–water partition coefficient (Wildman–Crippen LogP) is 4.72. The Hall–Kier alpha value is -2.92. The van der Waals surface area contributed by atoms with Crippen molar-refractivity contribution >= 4 is 16.8 Å². The third kappa shape index (κ3) is 4.80. The van der Waals surface area contributed by atoms with Gasteiger partial charge < -0.3 is 9.47 Å². The molecule has 5 nitrogen and oxygen atoms in total. The first-order valence-electron chi connectivity index (χ1n) is 12.7. The third-order valence-corrected chi connectivity index (χ3v) is 7.72. The van der Waals surface area contributed by atoms with Crippen molar-refractivity contribution < 1.29 is 4.79 Å². The van der Waals surface area contributed by atoms with E-state index >= 15 is 0 Å². The molecule has 5 rings (SSSR count). The zero-order valence-corrected chi connectivity index (χ0v) is 20.2. The van der Waals surface area contributed by atoms with Gasteiger partial charge in [0.05, 0.1) is 12.1 Å². The van der Waals surface area contributed by atoms with Crippen molar-refractivity contribution in [2.24, 2.45) is 13.0 Å². The molecule has 0 spiro atoms. The Morgan fingerprint density at radius 3 is 2.50 bits per heavy atom. The van der Waals surface area contributed by atoms with Crippen LogP contribution in [0.25, 0.3) is 10.9 Å². The Morgan fingerprint density at radius 1 is 0.971 bits per heavy atom. The maximum atomic E-state index is 13.8. The van der Waals surface area contributed by atoms with Crippen LogP contribution in [-0.2, 0) is 24.9 Å². The number of amides is 1. The summed E-state index contributed by atoms with van der Waals surface area (Å²) in [6, 6.07) is 20.7. The summed E-state index contributed by atoms with van der Waals surface area (Å²) in [5, 5.41) is 1.04. The van der Waals surface area contributed by atoms with E-state index in [-0.39, 0.29) is 23.4 Å². The van der Waals surface area contributed by atoms with Gasteiger partial charge in [-0.05, 0) is 42.3 Å². The molecule has 1 unspecified atom stereocenters. The van der Waals surface area contributed by atoms with Gasteiger partial charge in [-0.25, -0.2) is 0 Å². The zero-order chi connectivity index (χ0) is 23.5. The van der Waals surface area contributed by atoms with E-state index in [1.165, 1.54) is 12.0 Å². The number of aryl methyl sites for hydroxylation is 1. The standard InChI is InChI=1S/C29H35N3O2/c1-30-27-15-9-8-14-24(27)18-25(28(30)33)20-32(29(34)23-12-6-3-7-13-23)26-16-17-31(21-26)19-22-10-4-2-5-11-22/h2,4-5,8-11,14-15,18,23,26H,3,6-7,12-13,16-17,19-21H2,1H3. The highest BCUT2D eigenvalue weighted by atomic mass is 16.2. The average Bonchev–Trinajstić information content (AvgIpc) is 3.34. The van der Waals surface area contributed by atoms with Gasteiger partial charge >= 0.3 is 0 Å². The van der Waals surface area contributed by atoms with E-state index in [9.17, 15) is 9.59 Å². The SMILES string of the molecule is Cn1c(=O)c(CN(C(=O)C2CCCCC2)C2CCN(Cc3ccccc3)C2)cc2ccccc21. The number of aromatic nitrogens is 1. The quantitative estimate of drug-likeness (QED) is 0.538. The van der Waals surface area contributed by atoms with Crippen LogP contribution in [0.1, 0.15) is 49.7 Å². The van der Waals surface area contributed by atoms with Crippen LogP contribution in [0, 0.1) is 5.92 Å². The lowest BCUT2D eigenvalue weighted by molar-refractivity contribution is -0.139. The topological polar surface area (TPSA) is 45.6 Å². The Balaban J connectivity index is 1.41. The molecule has 0 bridgehead atoms. The number of benzene rings is 2. The number of fused-ring (bicyclic) bond motifs is 1. The number of hydrogen-bond acceptors (Lipinski definition) is 3. The fourth-order valence-electron chi connectivity index (χ4n) is 5.81. The first kappa shape index (κ1) is 22.9. The third-order valence-electron chi connectivity index (χ3n) is 7.72. The molecule has 1 saturated heterocycles.